The number of halogens is 1. The highest BCUT2D eigenvalue weighted by molar-refractivity contribution is 9.10. The lowest BCUT2D eigenvalue weighted by Gasteiger charge is -2.12. The maximum atomic E-state index is 10.2. The summed E-state index contributed by atoms with van der Waals surface area (Å²) < 4.78 is 0.910. The molecule has 1 aromatic heterocycles. The second-order valence-corrected chi connectivity index (χ2v) is 4.58. The summed E-state index contributed by atoms with van der Waals surface area (Å²) in [5.41, 5.74) is 2.63. The predicted octanol–water partition coefficient (Wildman–Crippen LogP) is 3.23. The number of aliphatic hydroxyl groups is 1. The summed E-state index contributed by atoms with van der Waals surface area (Å²) in [5, 5.41) is 10.2. The minimum absolute atomic E-state index is 0.658. The Morgan fingerprint density at radius 1 is 1.19 bits per heavy atom. The molecule has 0 aliphatic rings. The van der Waals surface area contributed by atoms with Gasteiger partial charge in [0.1, 0.15) is 6.10 Å². The molecule has 0 radical (unpaired) electrons. The Kier molecular flexibility index (Phi) is 3.36. The molecule has 1 atom stereocenters. The zero-order chi connectivity index (χ0) is 11.5. The Labute approximate surface area is 103 Å². The van der Waals surface area contributed by atoms with E-state index in [2.05, 4.69) is 20.9 Å². The molecule has 16 heavy (non-hydrogen) atoms. The van der Waals surface area contributed by atoms with Crippen molar-refractivity contribution in [3.8, 4) is 0 Å². The van der Waals surface area contributed by atoms with Crippen molar-refractivity contribution >= 4 is 15.9 Å². The number of aryl methyl sites for hydroxylation is 1. The van der Waals surface area contributed by atoms with Crippen LogP contribution in [0.2, 0.25) is 0 Å². The summed E-state index contributed by atoms with van der Waals surface area (Å²) in [6.45, 7) is 1.98. The van der Waals surface area contributed by atoms with Crippen molar-refractivity contribution in [1.82, 2.24) is 4.98 Å². The molecule has 1 unspecified atom stereocenters. The second-order valence-electron chi connectivity index (χ2n) is 3.66. The summed E-state index contributed by atoms with van der Waals surface area (Å²) >= 11 is 3.32. The van der Waals surface area contributed by atoms with Gasteiger partial charge in [-0.2, -0.15) is 0 Å². The van der Waals surface area contributed by atoms with Crippen LogP contribution in [0, 0.1) is 6.92 Å². The molecule has 2 nitrogen and oxygen atoms in total. The van der Waals surface area contributed by atoms with E-state index in [4.69, 9.17) is 0 Å². The average Bonchev–Trinajstić information content (AvgIpc) is 2.30. The molecule has 3 heteroatoms. The largest absolute Gasteiger partial charge is 0.382 e. The number of benzene rings is 1. The standard InChI is InChI=1S/C13H12BrNO/c1-9-4-2-3-5-11(9)13(16)12-7-6-10(14)8-15-12/h2-8,13,16H,1H3. The van der Waals surface area contributed by atoms with Crippen molar-refractivity contribution < 1.29 is 5.11 Å². The Morgan fingerprint density at radius 2 is 1.94 bits per heavy atom. The minimum Gasteiger partial charge on any atom is -0.382 e. The smallest absolute Gasteiger partial charge is 0.121 e. The first-order valence-corrected chi connectivity index (χ1v) is 5.83. The van der Waals surface area contributed by atoms with Gasteiger partial charge in [0.15, 0.2) is 0 Å². The van der Waals surface area contributed by atoms with Gasteiger partial charge in [-0.05, 0) is 46.1 Å². The molecule has 0 aliphatic carbocycles. The lowest BCUT2D eigenvalue weighted by molar-refractivity contribution is 0.214. The van der Waals surface area contributed by atoms with E-state index >= 15 is 0 Å². The third-order valence-corrected chi connectivity index (χ3v) is 2.98. The number of aliphatic hydroxyl groups excluding tert-OH is 1. The quantitative estimate of drug-likeness (QED) is 0.914. The Balaban J connectivity index is 2.35. The van der Waals surface area contributed by atoms with Gasteiger partial charge >= 0.3 is 0 Å². The monoisotopic (exact) mass is 277 g/mol. The van der Waals surface area contributed by atoms with Crippen LogP contribution in [0.5, 0.6) is 0 Å². The summed E-state index contributed by atoms with van der Waals surface area (Å²) in [4.78, 5) is 4.20. The molecule has 0 saturated heterocycles. The highest BCUT2D eigenvalue weighted by Crippen LogP contribution is 2.23. The molecule has 0 bridgehead atoms. The molecule has 1 heterocycles. The van der Waals surface area contributed by atoms with Crippen LogP contribution in [0.4, 0.5) is 0 Å². The fourth-order valence-corrected chi connectivity index (χ4v) is 1.84. The summed E-state index contributed by atoms with van der Waals surface area (Å²) in [6, 6.07) is 11.5. The number of hydrogen-bond acceptors (Lipinski definition) is 2. The van der Waals surface area contributed by atoms with Crippen LogP contribution in [0.3, 0.4) is 0 Å². The summed E-state index contributed by atoms with van der Waals surface area (Å²) in [7, 11) is 0. The van der Waals surface area contributed by atoms with Crippen molar-refractivity contribution in [1.29, 1.82) is 0 Å². The molecular formula is C13H12BrNO. The highest BCUT2D eigenvalue weighted by atomic mass is 79.9. The Bertz CT molecular complexity index is 482. The van der Waals surface area contributed by atoms with Crippen LogP contribution in [0.15, 0.2) is 47.1 Å². The second kappa shape index (κ2) is 4.76. The van der Waals surface area contributed by atoms with E-state index in [0.29, 0.717) is 5.69 Å². The zero-order valence-corrected chi connectivity index (χ0v) is 10.5. The van der Waals surface area contributed by atoms with Crippen molar-refractivity contribution in [2.24, 2.45) is 0 Å². The normalized spacial score (nSPS) is 12.4. The van der Waals surface area contributed by atoms with E-state index in [1.165, 1.54) is 0 Å². The van der Waals surface area contributed by atoms with Gasteiger partial charge in [0.05, 0.1) is 5.69 Å². The van der Waals surface area contributed by atoms with Gasteiger partial charge in [-0.1, -0.05) is 24.3 Å². The lowest BCUT2D eigenvalue weighted by atomic mass is 10.0. The zero-order valence-electron chi connectivity index (χ0n) is 8.89. The van der Waals surface area contributed by atoms with Crippen LogP contribution in [-0.4, -0.2) is 10.1 Å². The third-order valence-electron chi connectivity index (χ3n) is 2.51. The number of pyridine rings is 1. The minimum atomic E-state index is -0.658. The lowest BCUT2D eigenvalue weighted by Crippen LogP contribution is -2.03. The third kappa shape index (κ3) is 2.31. The fraction of sp³-hybridized carbons (Fsp3) is 0.154. The topological polar surface area (TPSA) is 33.1 Å². The number of nitrogens with zero attached hydrogens (tertiary/aromatic N) is 1. The van der Waals surface area contributed by atoms with Crippen molar-refractivity contribution in [3.63, 3.8) is 0 Å². The van der Waals surface area contributed by atoms with Gasteiger partial charge in [0, 0.05) is 10.7 Å². The Morgan fingerprint density at radius 3 is 2.56 bits per heavy atom. The van der Waals surface area contributed by atoms with Gasteiger partial charge in [0.2, 0.25) is 0 Å². The van der Waals surface area contributed by atoms with Gasteiger partial charge in [-0.3, -0.25) is 4.98 Å². The maximum Gasteiger partial charge on any atom is 0.121 e. The van der Waals surface area contributed by atoms with E-state index in [1.54, 1.807) is 6.20 Å². The maximum absolute atomic E-state index is 10.2. The van der Waals surface area contributed by atoms with Gasteiger partial charge in [-0.15, -0.1) is 0 Å². The molecule has 0 fully saturated rings. The number of rotatable bonds is 2. The van der Waals surface area contributed by atoms with Crippen molar-refractivity contribution in [3.05, 3.63) is 63.9 Å². The predicted molar refractivity (Wildman–Crippen MR) is 67.2 cm³/mol. The molecule has 0 aliphatic heterocycles. The van der Waals surface area contributed by atoms with E-state index < -0.39 is 6.10 Å². The first kappa shape index (κ1) is 11.3. The average molecular weight is 278 g/mol. The van der Waals surface area contributed by atoms with Gasteiger partial charge in [0.25, 0.3) is 0 Å². The van der Waals surface area contributed by atoms with Crippen LogP contribution in [0.1, 0.15) is 22.9 Å². The van der Waals surface area contributed by atoms with Crippen LogP contribution in [-0.2, 0) is 0 Å². The first-order chi connectivity index (χ1) is 7.68. The highest BCUT2D eigenvalue weighted by Gasteiger charge is 2.13. The molecule has 1 N–H and O–H groups in total. The van der Waals surface area contributed by atoms with Crippen LogP contribution >= 0.6 is 15.9 Å². The van der Waals surface area contributed by atoms with Crippen molar-refractivity contribution in [2.75, 3.05) is 0 Å². The molecule has 82 valence electrons. The summed E-state index contributed by atoms with van der Waals surface area (Å²) in [5.74, 6) is 0. The molecule has 2 rings (SSSR count). The van der Waals surface area contributed by atoms with Crippen LogP contribution < -0.4 is 0 Å². The van der Waals surface area contributed by atoms with Gasteiger partial charge in [-0.25, -0.2) is 0 Å². The fourth-order valence-electron chi connectivity index (χ4n) is 1.60. The van der Waals surface area contributed by atoms with Crippen LogP contribution in [0.25, 0.3) is 0 Å². The SMILES string of the molecule is Cc1ccccc1C(O)c1ccc(Br)cn1. The number of aromatic nitrogens is 1. The molecule has 0 saturated carbocycles. The summed E-state index contributed by atoms with van der Waals surface area (Å²) in [6.07, 6.45) is 1.03. The molecule has 0 amide bonds. The molecule has 0 spiro atoms. The molecule has 1 aromatic carbocycles. The van der Waals surface area contributed by atoms with Crippen molar-refractivity contribution in [2.45, 2.75) is 13.0 Å². The molecule has 2 aromatic rings. The van der Waals surface area contributed by atoms with E-state index in [9.17, 15) is 5.11 Å². The first-order valence-electron chi connectivity index (χ1n) is 5.03. The number of hydrogen-bond donors (Lipinski definition) is 1. The van der Waals surface area contributed by atoms with E-state index in [-0.39, 0.29) is 0 Å². The van der Waals surface area contributed by atoms with E-state index in [1.807, 2.05) is 43.3 Å². The Hall–Kier alpha value is -1.19. The van der Waals surface area contributed by atoms with E-state index in [0.717, 1.165) is 15.6 Å². The van der Waals surface area contributed by atoms with Gasteiger partial charge < -0.3 is 5.11 Å². The molecular weight excluding hydrogens is 266 g/mol.